The van der Waals surface area contributed by atoms with Crippen molar-refractivity contribution in [3.05, 3.63) is 18.5 Å². The first-order valence-corrected chi connectivity index (χ1v) is 3.66. The quantitative estimate of drug-likeness (QED) is 0.503. The van der Waals surface area contributed by atoms with Crippen LogP contribution in [0.1, 0.15) is 0 Å². The molecule has 8 heavy (non-hydrogen) atoms. The Labute approximate surface area is 50.6 Å². The molecule has 4 heteroatoms. The molecule has 1 aromatic rings. The fourth-order valence-corrected chi connectivity index (χ4v) is 0.836. The topological polar surface area (TPSA) is 40.9 Å². The highest BCUT2D eigenvalue weighted by Gasteiger charge is 1.96. The van der Waals surface area contributed by atoms with Gasteiger partial charge in [0.2, 0.25) is 0 Å². The van der Waals surface area contributed by atoms with Gasteiger partial charge < -0.3 is 4.55 Å². The Morgan fingerprint density at radius 2 is 2.50 bits per heavy atom. The Morgan fingerprint density at radius 1 is 1.75 bits per heavy atom. The first kappa shape index (κ1) is 5.65. The molecule has 0 spiro atoms. The Kier molecular flexibility index (Phi) is 1.55. The molecule has 1 unspecified atom stereocenters. The zero-order chi connectivity index (χ0) is 5.98. The second-order valence-electron chi connectivity index (χ2n) is 1.33. The van der Waals surface area contributed by atoms with Gasteiger partial charge in [-0.05, 0) is 6.07 Å². The largest absolute Gasteiger partial charge is 0.592 e. The Morgan fingerprint density at radius 3 is 2.75 bits per heavy atom. The highest BCUT2D eigenvalue weighted by atomic mass is 32.2. The van der Waals surface area contributed by atoms with Gasteiger partial charge >= 0.3 is 0 Å². The monoisotopic (exact) mass is 130 g/mol. The van der Waals surface area contributed by atoms with E-state index in [1.54, 1.807) is 24.7 Å². The van der Waals surface area contributed by atoms with Crippen LogP contribution in [0.4, 0.5) is 0 Å². The number of hydrogen-bond acceptors (Lipinski definition) is 2. The molecule has 0 radical (unpaired) electrons. The van der Waals surface area contributed by atoms with Crippen LogP contribution in [-0.2, 0) is 11.4 Å². The lowest BCUT2D eigenvalue weighted by Crippen LogP contribution is -2.09. The predicted molar refractivity (Wildman–Crippen MR) is 31.7 cm³/mol. The molecule has 0 saturated carbocycles. The molecule has 0 aromatic carbocycles. The fraction of sp³-hybridized carbons (Fsp3) is 0.250. The van der Waals surface area contributed by atoms with Gasteiger partial charge in [0.25, 0.3) is 0 Å². The smallest absolute Gasteiger partial charge is 0.123 e. The minimum Gasteiger partial charge on any atom is -0.592 e. The third kappa shape index (κ3) is 1.02. The highest BCUT2D eigenvalue weighted by molar-refractivity contribution is 7.89. The lowest BCUT2D eigenvalue weighted by Gasteiger charge is -1.99. The van der Waals surface area contributed by atoms with Gasteiger partial charge in [0.1, 0.15) is 6.26 Å². The van der Waals surface area contributed by atoms with E-state index in [1.807, 2.05) is 0 Å². The maximum atomic E-state index is 10.5. The van der Waals surface area contributed by atoms with Gasteiger partial charge in [0, 0.05) is 0 Å². The summed E-state index contributed by atoms with van der Waals surface area (Å²) < 4.78 is 11.9. The Balaban J connectivity index is 2.77. The van der Waals surface area contributed by atoms with Crippen molar-refractivity contribution in [1.29, 1.82) is 0 Å². The van der Waals surface area contributed by atoms with Crippen molar-refractivity contribution in [2.45, 2.75) is 0 Å². The van der Waals surface area contributed by atoms with Crippen LogP contribution < -0.4 is 0 Å². The summed E-state index contributed by atoms with van der Waals surface area (Å²) in [7, 11) is 0. The van der Waals surface area contributed by atoms with Crippen molar-refractivity contribution in [2.24, 2.45) is 0 Å². The van der Waals surface area contributed by atoms with Crippen molar-refractivity contribution in [1.82, 2.24) is 9.19 Å². The van der Waals surface area contributed by atoms with Gasteiger partial charge in [-0.2, -0.15) is 0 Å². The molecule has 0 aliphatic rings. The lowest BCUT2D eigenvalue weighted by molar-refractivity contribution is 0.585. The predicted octanol–water partition coefficient (Wildman–Crippen LogP) is 0.0247. The van der Waals surface area contributed by atoms with E-state index in [2.05, 4.69) is 5.10 Å². The van der Waals surface area contributed by atoms with Gasteiger partial charge in [-0.1, -0.05) is 4.09 Å². The fourth-order valence-electron chi connectivity index (χ4n) is 0.407. The summed E-state index contributed by atoms with van der Waals surface area (Å²) in [5.41, 5.74) is 0. The van der Waals surface area contributed by atoms with E-state index in [4.69, 9.17) is 0 Å². The first-order chi connectivity index (χ1) is 3.80. The van der Waals surface area contributed by atoms with E-state index < -0.39 is 11.4 Å². The maximum Gasteiger partial charge on any atom is 0.123 e. The summed E-state index contributed by atoms with van der Waals surface area (Å²) in [4.78, 5) is 0. The number of nitrogens with zero attached hydrogens (tertiary/aromatic N) is 2. The van der Waals surface area contributed by atoms with Crippen LogP contribution in [0, 0.1) is 0 Å². The van der Waals surface area contributed by atoms with Crippen LogP contribution in [-0.4, -0.2) is 20.0 Å². The second kappa shape index (κ2) is 2.19. The molecule has 1 heterocycles. The summed E-state index contributed by atoms with van der Waals surface area (Å²) in [6, 6.07) is 1.74. The molecule has 3 nitrogen and oxygen atoms in total. The van der Waals surface area contributed by atoms with Crippen LogP contribution in [0.2, 0.25) is 0 Å². The third-order valence-electron chi connectivity index (χ3n) is 0.744. The van der Waals surface area contributed by atoms with Crippen molar-refractivity contribution < 1.29 is 4.55 Å². The van der Waals surface area contributed by atoms with E-state index in [9.17, 15) is 4.55 Å². The second-order valence-corrected chi connectivity index (χ2v) is 2.55. The third-order valence-corrected chi connectivity index (χ3v) is 1.49. The van der Waals surface area contributed by atoms with E-state index in [0.29, 0.717) is 0 Å². The van der Waals surface area contributed by atoms with Gasteiger partial charge in [0.15, 0.2) is 0 Å². The first-order valence-electron chi connectivity index (χ1n) is 2.14. The normalized spacial score (nSPS) is 13.8. The van der Waals surface area contributed by atoms with E-state index in [-0.39, 0.29) is 0 Å². The molecule has 0 saturated heterocycles. The molecule has 0 fully saturated rings. The van der Waals surface area contributed by atoms with Gasteiger partial charge in [-0.15, -0.1) is 5.10 Å². The van der Waals surface area contributed by atoms with Crippen molar-refractivity contribution in [3.63, 3.8) is 0 Å². The summed E-state index contributed by atoms with van der Waals surface area (Å²) in [5, 5.41) is 3.73. The van der Waals surface area contributed by atoms with Crippen molar-refractivity contribution in [3.8, 4) is 0 Å². The van der Waals surface area contributed by atoms with Crippen LogP contribution in [0.5, 0.6) is 0 Å². The number of rotatable bonds is 1. The zero-order valence-corrected chi connectivity index (χ0v) is 5.26. The standard InChI is InChI=1S/C4H6N2OS/c1-8(7)6-4-2-3-5-6/h2-4H,1H3. The van der Waals surface area contributed by atoms with Gasteiger partial charge in [-0.25, -0.2) is 0 Å². The molecule has 44 valence electrons. The van der Waals surface area contributed by atoms with Crippen LogP contribution >= 0.6 is 0 Å². The molecule has 0 amide bonds. The molecular weight excluding hydrogens is 124 g/mol. The minimum atomic E-state index is -0.992. The lowest BCUT2D eigenvalue weighted by atomic mass is 10.8. The number of hydrogen-bond donors (Lipinski definition) is 0. The Bertz CT molecular complexity index is 149. The number of aromatic nitrogens is 2. The average molecular weight is 130 g/mol. The molecule has 1 rings (SSSR count). The molecular formula is C4H6N2OS. The molecule has 0 N–H and O–H groups in total. The van der Waals surface area contributed by atoms with E-state index in [1.165, 1.54) is 4.09 Å². The molecule has 0 aliphatic heterocycles. The SMILES string of the molecule is C[S+]([O-])n1cccn1. The maximum absolute atomic E-state index is 10.5. The minimum absolute atomic E-state index is 0.992. The molecule has 0 aliphatic carbocycles. The summed E-state index contributed by atoms with van der Waals surface area (Å²) in [5.74, 6) is 0. The van der Waals surface area contributed by atoms with Gasteiger partial charge in [-0.3, -0.25) is 0 Å². The summed E-state index contributed by atoms with van der Waals surface area (Å²) in [6.07, 6.45) is 4.84. The summed E-state index contributed by atoms with van der Waals surface area (Å²) >= 11 is -0.992. The Hall–Kier alpha value is -0.480. The zero-order valence-electron chi connectivity index (χ0n) is 4.44. The molecule has 0 bridgehead atoms. The van der Waals surface area contributed by atoms with E-state index in [0.717, 1.165) is 0 Å². The van der Waals surface area contributed by atoms with Crippen molar-refractivity contribution >= 4 is 11.4 Å². The van der Waals surface area contributed by atoms with Gasteiger partial charge in [0.05, 0.1) is 23.8 Å². The van der Waals surface area contributed by atoms with Crippen molar-refractivity contribution in [2.75, 3.05) is 6.26 Å². The molecule has 1 atom stereocenters. The van der Waals surface area contributed by atoms with Crippen LogP contribution in [0.25, 0.3) is 0 Å². The highest BCUT2D eigenvalue weighted by Crippen LogP contribution is 1.88. The van der Waals surface area contributed by atoms with Crippen LogP contribution in [0.3, 0.4) is 0 Å². The van der Waals surface area contributed by atoms with Crippen LogP contribution in [0.15, 0.2) is 18.5 Å². The summed E-state index contributed by atoms with van der Waals surface area (Å²) in [6.45, 7) is 0. The average Bonchev–Trinajstić information content (AvgIpc) is 2.12. The van der Waals surface area contributed by atoms with E-state index >= 15 is 0 Å². The molecule has 1 aromatic heterocycles.